The lowest BCUT2D eigenvalue weighted by molar-refractivity contribution is -0.137. The van der Waals surface area contributed by atoms with Gasteiger partial charge in [-0.25, -0.2) is 0 Å². The lowest BCUT2D eigenvalue weighted by atomic mass is 10.0. The van der Waals surface area contributed by atoms with Crippen molar-refractivity contribution in [3.8, 4) is 0 Å². The first kappa shape index (κ1) is 15.1. The molecule has 0 spiro atoms. The van der Waals surface area contributed by atoms with E-state index in [-0.39, 0.29) is 16.5 Å². The normalized spacial score (nSPS) is 14.2. The second kappa shape index (κ2) is 5.21. The van der Waals surface area contributed by atoms with E-state index >= 15 is 0 Å². The summed E-state index contributed by atoms with van der Waals surface area (Å²) in [4.78, 5) is 0. The minimum absolute atomic E-state index is 0.102. The van der Waals surface area contributed by atoms with E-state index in [9.17, 15) is 13.2 Å². The highest BCUT2D eigenvalue weighted by Crippen LogP contribution is 2.32. The van der Waals surface area contributed by atoms with Crippen LogP contribution < -0.4 is 5.73 Å². The Morgan fingerprint density at radius 1 is 1.35 bits per heavy atom. The van der Waals surface area contributed by atoms with E-state index in [2.05, 4.69) is 10.2 Å². The molecule has 0 aliphatic carbocycles. The number of hydrogen-bond acceptors (Lipinski definition) is 3. The highest BCUT2D eigenvalue weighted by Gasteiger charge is 2.32. The molecule has 0 saturated carbocycles. The van der Waals surface area contributed by atoms with E-state index in [0.717, 1.165) is 12.3 Å². The van der Waals surface area contributed by atoms with Gasteiger partial charge in [0.1, 0.15) is 0 Å². The van der Waals surface area contributed by atoms with Gasteiger partial charge in [-0.05, 0) is 18.4 Å². The summed E-state index contributed by atoms with van der Waals surface area (Å²) in [6, 6.07) is 0.341. The minimum atomic E-state index is -4.48. The highest BCUT2D eigenvalue weighted by atomic mass is 35.5. The summed E-state index contributed by atoms with van der Waals surface area (Å²) in [5.41, 5.74) is 5.29. The van der Waals surface area contributed by atoms with Gasteiger partial charge < -0.3 is 5.73 Å². The van der Waals surface area contributed by atoms with E-state index < -0.39 is 17.8 Å². The molecule has 0 radical (unpaired) electrons. The summed E-state index contributed by atoms with van der Waals surface area (Å²) < 4.78 is 39.6. The molecular weight excluding hydrogens is 293 g/mol. The van der Waals surface area contributed by atoms with Crippen LogP contribution in [0.2, 0.25) is 5.02 Å². The first-order valence-electron chi connectivity index (χ1n) is 6.07. The molecule has 0 saturated heterocycles. The van der Waals surface area contributed by atoms with E-state index in [1.54, 1.807) is 0 Å². The number of nitrogens with zero attached hydrogens (tertiary/aromatic N) is 3. The molecule has 1 unspecified atom stereocenters. The molecule has 0 fully saturated rings. The molecule has 110 valence electrons. The molecule has 2 heterocycles. The fourth-order valence-corrected chi connectivity index (χ4v) is 2.24. The topological polar surface area (TPSA) is 56.2 Å². The predicted molar refractivity (Wildman–Crippen MR) is 69.4 cm³/mol. The van der Waals surface area contributed by atoms with Gasteiger partial charge in [0.2, 0.25) is 0 Å². The maximum atomic E-state index is 12.8. The zero-order valence-electron chi connectivity index (χ0n) is 10.9. The summed E-state index contributed by atoms with van der Waals surface area (Å²) in [7, 11) is 0. The van der Waals surface area contributed by atoms with E-state index in [1.165, 1.54) is 4.40 Å². The highest BCUT2D eigenvalue weighted by molar-refractivity contribution is 6.33. The largest absolute Gasteiger partial charge is 0.417 e. The number of pyridine rings is 1. The molecule has 0 aliphatic heterocycles. The van der Waals surface area contributed by atoms with Crippen molar-refractivity contribution in [3.63, 3.8) is 0 Å². The molecule has 0 aliphatic rings. The molecule has 2 rings (SSSR count). The van der Waals surface area contributed by atoms with Crippen LogP contribution in [0.5, 0.6) is 0 Å². The molecule has 2 aromatic rings. The Morgan fingerprint density at radius 2 is 2.00 bits per heavy atom. The van der Waals surface area contributed by atoms with Crippen molar-refractivity contribution < 1.29 is 13.2 Å². The van der Waals surface area contributed by atoms with Crippen LogP contribution >= 0.6 is 11.6 Å². The summed E-state index contributed by atoms with van der Waals surface area (Å²) in [6.07, 6.45) is -2.97. The predicted octanol–water partition coefficient (Wildman–Crippen LogP) is 3.45. The maximum Gasteiger partial charge on any atom is 0.417 e. The van der Waals surface area contributed by atoms with Gasteiger partial charge in [-0.1, -0.05) is 25.4 Å². The Balaban J connectivity index is 2.55. The number of alkyl halides is 3. The Bertz CT molecular complexity index is 621. The van der Waals surface area contributed by atoms with E-state index in [4.69, 9.17) is 17.3 Å². The standard InChI is InChI=1S/C12H14ClF3N4/c1-6(2)3-9(17)11-19-18-10-8(13)4-7(5-20(10)11)12(14,15)16/h4-6,9H,3,17H2,1-2H3. The molecule has 0 amide bonds. The number of rotatable bonds is 3. The zero-order valence-corrected chi connectivity index (χ0v) is 11.7. The Labute approximate surface area is 118 Å². The van der Waals surface area contributed by atoms with E-state index in [1.807, 2.05) is 13.8 Å². The van der Waals surface area contributed by atoms with Crippen LogP contribution in [-0.4, -0.2) is 14.6 Å². The first-order valence-corrected chi connectivity index (χ1v) is 6.45. The van der Waals surface area contributed by atoms with Crippen LogP contribution in [0.3, 0.4) is 0 Å². The summed E-state index contributed by atoms with van der Waals surface area (Å²) in [6.45, 7) is 3.94. The smallest absolute Gasteiger partial charge is 0.321 e. The van der Waals surface area contributed by atoms with Gasteiger partial charge in [0.05, 0.1) is 16.6 Å². The van der Waals surface area contributed by atoms with Crippen molar-refractivity contribution in [1.82, 2.24) is 14.6 Å². The van der Waals surface area contributed by atoms with Crippen LogP contribution in [0.25, 0.3) is 5.65 Å². The van der Waals surface area contributed by atoms with Crippen molar-refractivity contribution in [2.45, 2.75) is 32.5 Å². The zero-order chi connectivity index (χ0) is 15.1. The van der Waals surface area contributed by atoms with Crippen molar-refractivity contribution in [1.29, 1.82) is 0 Å². The average molecular weight is 307 g/mol. The Hall–Kier alpha value is -1.34. The monoisotopic (exact) mass is 306 g/mol. The molecular formula is C12H14ClF3N4. The van der Waals surface area contributed by atoms with Crippen molar-refractivity contribution in [2.24, 2.45) is 11.7 Å². The van der Waals surface area contributed by atoms with Crippen LogP contribution in [0, 0.1) is 5.92 Å². The molecule has 0 aromatic carbocycles. The molecule has 2 N–H and O–H groups in total. The average Bonchev–Trinajstić information content (AvgIpc) is 2.70. The minimum Gasteiger partial charge on any atom is -0.321 e. The molecule has 20 heavy (non-hydrogen) atoms. The van der Waals surface area contributed by atoms with Crippen LogP contribution in [0.4, 0.5) is 13.2 Å². The van der Waals surface area contributed by atoms with Crippen molar-refractivity contribution >= 4 is 17.2 Å². The first-order chi connectivity index (χ1) is 9.20. The quantitative estimate of drug-likeness (QED) is 0.945. The summed E-state index contributed by atoms with van der Waals surface area (Å²) in [5, 5.41) is 7.57. The fourth-order valence-electron chi connectivity index (χ4n) is 1.99. The SMILES string of the molecule is CC(C)CC(N)c1nnc2c(Cl)cc(C(F)(F)F)cn12. The summed E-state index contributed by atoms with van der Waals surface area (Å²) >= 11 is 5.83. The third-order valence-corrected chi connectivity index (χ3v) is 3.15. The van der Waals surface area contributed by atoms with Crippen molar-refractivity contribution in [2.75, 3.05) is 0 Å². The number of fused-ring (bicyclic) bond motifs is 1. The Kier molecular flexibility index (Phi) is 3.93. The second-order valence-corrected chi connectivity index (χ2v) is 5.47. The number of hydrogen-bond donors (Lipinski definition) is 1. The number of nitrogens with two attached hydrogens (primary N) is 1. The van der Waals surface area contributed by atoms with E-state index in [0.29, 0.717) is 12.3 Å². The maximum absolute atomic E-state index is 12.8. The number of halogens is 4. The van der Waals surface area contributed by atoms with Gasteiger partial charge in [-0.3, -0.25) is 4.40 Å². The summed E-state index contributed by atoms with van der Waals surface area (Å²) in [5.74, 6) is 0.570. The van der Waals surface area contributed by atoms with Gasteiger partial charge >= 0.3 is 6.18 Å². The molecule has 4 nitrogen and oxygen atoms in total. The van der Waals surface area contributed by atoms with Crippen molar-refractivity contribution in [3.05, 3.63) is 28.7 Å². The Morgan fingerprint density at radius 3 is 2.55 bits per heavy atom. The van der Waals surface area contributed by atoms with Gasteiger partial charge in [0.25, 0.3) is 0 Å². The lowest BCUT2D eigenvalue weighted by Crippen LogP contribution is -2.17. The van der Waals surface area contributed by atoms with Gasteiger partial charge in [0.15, 0.2) is 11.5 Å². The molecule has 2 aromatic heterocycles. The molecule has 1 atom stereocenters. The fraction of sp³-hybridized carbons (Fsp3) is 0.500. The molecule has 8 heteroatoms. The van der Waals surface area contributed by atoms with Crippen LogP contribution in [0.1, 0.15) is 37.7 Å². The molecule has 0 bridgehead atoms. The van der Waals surface area contributed by atoms with Crippen LogP contribution in [-0.2, 0) is 6.18 Å². The third-order valence-electron chi connectivity index (χ3n) is 2.87. The second-order valence-electron chi connectivity index (χ2n) is 5.06. The van der Waals surface area contributed by atoms with Gasteiger partial charge in [-0.2, -0.15) is 13.2 Å². The lowest BCUT2D eigenvalue weighted by Gasteiger charge is -2.13. The number of aromatic nitrogens is 3. The third kappa shape index (κ3) is 2.88. The van der Waals surface area contributed by atoms with Gasteiger partial charge in [0, 0.05) is 6.20 Å². The van der Waals surface area contributed by atoms with Gasteiger partial charge in [-0.15, -0.1) is 10.2 Å². The van der Waals surface area contributed by atoms with Crippen LogP contribution in [0.15, 0.2) is 12.3 Å².